The minimum atomic E-state index is -0.807. The summed E-state index contributed by atoms with van der Waals surface area (Å²) >= 11 is 6.15. The number of carbonyl (C=O) groups excluding carboxylic acids is 2. The summed E-state index contributed by atoms with van der Waals surface area (Å²) in [7, 11) is 0. The largest absolute Gasteiger partial charge is 0.322 e. The average Bonchev–Trinajstić information content (AvgIpc) is 3.19. The summed E-state index contributed by atoms with van der Waals surface area (Å²) in [5.74, 6) is -0.164. The molecule has 3 amide bonds. The Bertz CT molecular complexity index is 1080. The van der Waals surface area contributed by atoms with Crippen molar-refractivity contribution in [3.05, 3.63) is 94.5 Å². The van der Waals surface area contributed by atoms with Gasteiger partial charge in [0.15, 0.2) is 0 Å². The van der Waals surface area contributed by atoms with Gasteiger partial charge >= 0.3 is 6.03 Å². The van der Waals surface area contributed by atoms with Gasteiger partial charge in [0.2, 0.25) is 0 Å². The van der Waals surface area contributed by atoms with Gasteiger partial charge in [-0.05, 0) is 48.2 Å². The van der Waals surface area contributed by atoms with Crippen molar-refractivity contribution in [3.8, 4) is 0 Å². The van der Waals surface area contributed by atoms with E-state index in [1.54, 1.807) is 17.0 Å². The van der Waals surface area contributed by atoms with Gasteiger partial charge in [-0.15, -0.1) is 0 Å². The number of rotatable bonds is 4. The molecule has 0 spiro atoms. The molecule has 0 saturated carbocycles. The maximum absolute atomic E-state index is 13.5. The van der Waals surface area contributed by atoms with Crippen LogP contribution in [0.2, 0.25) is 5.02 Å². The molecule has 1 heterocycles. The van der Waals surface area contributed by atoms with Gasteiger partial charge in [-0.3, -0.25) is 4.79 Å². The van der Waals surface area contributed by atoms with Crippen molar-refractivity contribution in [2.24, 2.45) is 0 Å². The first-order chi connectivity index (χ1) is 14.5. The Morgan fingerprint density at radius 2 is 1.73 bits per heavy atom. The minimum absolute atomic E-state index is 0.164. The maximum Gasteiger partial charge on any atom is 0.320 e. The number of fused-ring (bicyclic) bond motifs is 1. The van der Waals surface area contributed by atoms with Crippen LogP contribution in [-0.2, 0) is 11.2 Å². The Morgan fingerprint density at radius 1 is 1.00 bits per heavy atom. The van der Waals surface area contributed by atoms with Crippen LogP contribution in [0.1, 0.15) is 22.7 Å². The smallest absolute Gasteiger partial charge is 0.320 e. The van der Waals surface area contributed by atoms with E-state index >= 15 is 0 Å². The number of hydrogen-bond acceptors (Lipinski definition) is 2. The molecular formula is C24H22ClN3O2. The highest BCUT2D eigenvalue weighted by atomic mass is 35.5. The van der Waals surface area contributed by atoms with E-state index in [2.05, 4.69) is 10.6 Å². The van der Waals surface area contributed by atoms with Crippen molar-refractivity contribution in [3.63, 3.8) is 0 Å². The van der Waals surface area contributed by atoms with Gasteiger partial charge in [-0.25, -0.2) is 4.79 Å². The molecule has 0 fully saturated rings. The van der Waals surface area contributed by atoms with Gasteiger partial charge in [0.25, 0.3) is 5.91 Å². The van der Waals surface area contributed by atoms with Gasteiger partial charge in [0, 0.05) is 22.9 Å². The number of carbonyl (C=O) groups is 2. The van der Waals surface area contributed by atoms with Crippen LogP contribution < -0.4 is 15.5 Å². The number of urea groups is 1. The molecular weight excluding hydrogens is 398 g/mol. The monoisotopic (exact) mass is 419 g/mol. The van der Waals surface area contributed by atoms with Crippen molar-refractivity contribution in [1.82, 2.24) is 5.32 Å². The summed E-state index contributed by atoms with van der Waals surface area (Å²) < 4.78 is 0. The van der Waals surface area contributed by atoms with Crippen LogP contribution in [0.15, 0.2) is 72.8 Å². The fourth-order valence-electron chi connectivity index (χ4n) is 3.63. The van der Waals surface area contributed by atoms with Gasteiger partial charge in [-0.2, -0.15) is 0 Å². The lowest BCUT2D eigenvalue weighted by Crippen LogP contribution is -2.43. The molecule has 5 nitrogen and oxygen atoms in total. The molecule has 0 aliphatic carbocycles. The summed E-state index contributed by atoms with van der Waals surface area (Å²) in [6.45, 7) is 2.49. The average molecular weight is 420 g/mol. The number of benzene rings is 3. The second-order valence-corrected chi connectivity index (χ2v) is 7.68. The van der Waals surface area contributed by atoms with E-state index in [0.717, 1.165) is 28.8 Å². The van der Waals surface area contributed by atoms with Crippen LogP contribution in [-0.4, -0.2) is 18.5 Å². The lowest BCUT2D eigenvalue weighted by atomic mass is 10.1. The SMILES string of the molecule is Cc1ccc(NC(=O)NC(C(=O)N2CCc3ccccc32)c2ccccc2)cc1Cl. The Labute approximate surface area is 180 Å². The summed E-state index contributed by atoms with van der Waals surface area (Å²) in [6, 6.07) is 21.2. The third kappa shape index (κ3) is 4.16. The Kier molecular flexibility index (Phi) is 5.72. The summed E-state index contributed by atoms with van der Waals surface area (Å²) in [5, 5.41) is 6.18. The van der Waals surface area contributed by atoms with Crippen molar-refractivity contribution >= 4 is 34.9 Å². The summed E-state index contributed by atoms with van der Waals surface area (Å²) in [4.78, 5) is 27.9. The van der Waals surface area contributed by atoms with Crippen LogP contribution in [0.25, 0.3) is 0 Å². The third-order valence-electron chi connectivity index (χ3n) is 5.24. The lowest BCUT2D eigenvalue weighted by Gasteiger charge is -2.25. The van der Waals surface area contributed by atoms with Gasteiger partial charge in [0.05, 0.1) is 0 Å². The molecule has 0 radical (unpaired) electrons. The molecule has 1 aliphatic rings. The van der Waals surface area contributed by atoms with Gasteiger partial charge in [-0.1, -0.05) is 66.2 Å². The maximum atomic E-state index is 13.5. The van der Waals surface area contributed by atoms with Gasteiger partial charge < -0.3 is 15.5 Å². The van der Waals surface area contributed by atoms with Crippen LogP contribution in [0.4, 0.5) is 16.2 Å². The molecule has 0 saturated heterocycles. The second-order valence-electron chi connectivity index (χ2n) is 7.27. The molecule has 4 rings (SSSR count). The van der Waals surface area contributed by atoms with Crippen LogP contribution in [0.3, 0.4) is 0 Å². The number of para-hydroxylation sites is 1. The molecule has 0 aromatic heterocycles. The molecule has 3 aromatic rings. The zero-order valence-corrected chi connectivity index (χ0v) is 17.3. The summed E-state index contributed by atoms with van der Waals surface area (Å²) in [5.41, 5.74) is 4.25. The second kappa shape index (κ2) is 8.59. The molecule has 1 atom stereocenters. The van der Waals surface area contributed by atoms with Crippen LogP contribution >= 0.6 is 11.6 Å². The predicted molar refractivity (Wildman–Crippen MR) is 120 cm³/mol. The van der Waals surface area contributed by atoms with E-state index in [1.165, 1.54) is 0 Å². The van der Waals surface area contributed by atoms with E-state index in [0.29, 0.717) is 17.3 Å². The number of anilines is 2. The van der Waals surface area contributed by atoms with Crippen LogP contribution in [0.5, 0.6) is 0 Å². The van der Waals surface area contributed by atoms with E-state index < -0.39 is 12.1 Å². The highest BCUT2D eigenvalue weighted by molar-refractivity contribution is 6.31. The first-order valence-corrected chi connectivity index (χ1v) is 10.2. The zero-order valence-electron chi connectivity index (χ0n) is 16.6. The molecule has 3 aromatic carbocycles. The van der Waals surface area contributed by atoms with Crippen molar-refractivity contribution < 1.29 is 9.59 Å². The number of hydrogen-bond donors (Lipinski definition) is 2. The standard InChI is InChI=1S/C24H22ClN3O2/c1-16-11-12-19(15-20(16)25)26-24(30)27-22(18-8-3-2-4-9-18)23(29)28-14-13-17-7-5-6-10-21(17)28/h2-12,15,22H,13-14H2,1H3,(H2,26,27,30). The quantitative estimate of drug-likeness (QED) is 0.618. The molecule has 152 valence electrons. The molecule has 6 heteroatoms. The third-order valence-corrected chi connectivity index (χ3v) is 5.65. The van der Waals surface area contributed by atoms with E-state index in [1.807, 2.05) is 67.6 Å². The highest BCUT2D eigenvalue weighted by Crippen LogP contribution is 2.30. The normalized spacial score (nSPS) is 13.5. The first kappa shape index (κ1) is 20.0. The Hall–Kier alpha value is -3.31. The Balaban J connectivity index is 1.57. The number of amides is 3. The minimum Gasteiger partial charge on any atom is -0.322 e. The fraction of sp³-hybridized carbons (Fsp3) is 0.167. The highest BCUT2D eigenvalue weighted by Gasteiger charge is 2.32. The molecule has 0 bridgehead atoms. The van der Waals surface area contributed by atoms with E-state index in [-0.39, 0.29) is 5.91 Å². The van der Waals surface area contributed by atoms with Crippen molar-refractivity contribution in [2.45, 2.75) is 19.4 Å². The van der Waals surface area contributed by atoms with E-state index in [4.69, 9.17) is 11.6 Å². The van der Waals surface area contributed by atoms with Gasteiger partial charge in [0.1, 0.15) is 6.04 Å². The number of nitrogens with one attached hydrogen (secondary N) is 2. The van der Waals surface area contributed by atoms with E-state index in [9.17, 15) is 9.59 Å². The molecule has 1 aliphatic heterocycles. The topological polar surface area (TPSA) is 61.4 Å². The lowest BCUT2D eigenvalue weighted by molar-refractivity contribution is -0.120. The van der Waals surface area contributed by atoms with Crippen molar-refractivity contribution in [2.75, 3.05) is 16.8 Å². The Morgan fingerprint density at radius 3 is 2.50 bits per heavy atom. The predicted octanol–water partition coefficient (Wildman–Crippen LogP) is 5.10. The first-order valence-electron chi connectivity index (χ1n) is 9.81. The molecule has 2 N–H and O–H groups in total. The zero-order chi connectivity index (χ0) is 21.1. The molecule has 1 unspecified atom stereocenters. The van der Waals surface area contributed by atoms with Crippen molar-refractivity contribution in [1.29, 1.82) is 0 Å². The fourth-order valence-corrected chi connectivity index (χ4v) is 3.81. The number of nitrogens with zero attached hydrogens (tertiary/aromatic N) is 1. The summed E-state index contributed by atoms with van der Waals surface area (Å²) in [6.07, 6.45) is 0.803. The number of halogens is 1. The van der Waals surface area contributed by atoms with Crippen LogP contribution in [0, 0.1) is 6.92 Å². The molecule has 30 heavy (non-hydrogen) atoms. The number of aryl methyl sites for hydroxylation is 1.